The van der Waals surface area contributed by atoms with E-state index in [-0.39, 0.29) is 5.91 Å². The van der Waals surface area contributed by atoms with Gasteiger partial charge in [0.25, 0.3) is 0 Å². The molecule has 114 valence electrons. The van der Waals surface area contributed by atoms with E-state index in [2.05, 4.69) is 10.3 Å². The van der Waals surface area contributed by atoms with Crippen LogP contribution in [0.1, 0.15) is 30.5 Å². The molecular weight excluding hydrogens is 296 g/mol. The van der Waals surface area contributed by atoms with Gasteiger partial charge in [0.15, 0.2) is 0 Å². The third-order valence-corrected chi connectivity index (χ3v) is 4.65. The highest BCUT2D eigenvalue weighted by molar-refractivity contribution is 6.30. The minimum Gasteiger partial charge on any atom is -0.355 e. The fraction of sp³-hybridized carbons (Fsp3) is 0.333. The fourth-order valence-corrected chi connectivity index (χ4v) is 3.17. The van der Waals surface area contributed by atoms with Gasteiger partial charge in [-0.2, -0.15) is 0 Å². The van der Waals surface area contributed by atoms with Crippen molar-refractivity contribution in [1.82, 2.24) is 10.3 Å². The van der Waals surface area contributed by atoms with E-state index < -0.39 is 5.41 Å². The maximum Gasteiger partial charge on any atom is 0.230 e. The van der Waals surface area contributed by atoms with Crippen molar-refractivity contribution in [2.45, 2.75) is 31.1 Å². The minimum atomic E-state index is -0.394. The third kappa shape index (κ3) is 3.00. The van der Waals surface area contributed by atoms with E-state index in [4.69, 9.17) is 11.6 Å². The monoisotopic (exact) mass is 314 g/mol. The highest BCUT2D eigenvalue weighted by Crippen LogP contribution is 2.44. The molecule has 0 bridgehead atoms. The molecule has 0 aliphatic heterocycles. The molecule has 0 spiro atoms. The van der Waals surface area contributed by atoms with Crippen LogP contribution in [0.15, 0.2) is 48.7 Å². The second kappa shape index (κ2) is 6.49. The molecule has 0 radical (unpaired) electrons. The predicted molar refractivity (Wildman–Crippen MR) is 87.9 cm³/mol. The maximum atomic E-state index is 12.7. The van der Waals surface area contributed by atoms with Gasteiger partial charge in [-0.1, -0.05) is 36.2 Å². The second-order valence-electron chi connectivity index (χ2n) is 5.77. The minimum absolute atomic E-state index is 0.108. The zero-order valence-corrected chi connectivity index (χ0v) is 13.1. The number of hydrogen-bond donors (Lipinski definition) is 1. The van der Waals surface area contributed by atoms with Crippen molar-refractivity contribution in [1.29, 1.82) is 0 Å². The molecule has 1 aromatic carbocycles. The zero-order chi connectivity index (χ0) is 15.4. The Labute approximate surface area is 135 Å². The van der Waals surface area contributed by atoms with Gasteiger partial charge in [-0.05, 0) is 42.7 Å². The lowest BCUT2D eigenvalue weighted by Crippen LogP contribution is -2.49. The van der Waals surface area contributed by atoms with Crippen LogP contribution in [0.25, 0.3) is 0 Å². The van der Waals surface area contributed by atoms with Gasteiger partial charge in [0.05, 0.1) is 5.41 Å². The quantitative estimate of drug-likeness (QED) is 0.917. The average Bonchev–Trinajstić information content (AvgIpc) is 2.47. The molecule has 1 aliphatic rings. The van der Waals surface area contributed by atoms with Gasteiger partial charge in [0.2, 0.25) is 5.91 Å². The molecule has 1 fully saturated rings. The first-order valence-electron chi connectivity index (χ1n) is 7.65. The van der Waals surface area contributed by atoms with Crippen molar-refractivity contribution in [3.05, 3.63) is 64.9 Å². The first kappa shape index (κ1) is 15.0. The summed E-state index contributed by atoms with van der Waals surface area (Å²) in [5, 5.41) is 3.76. The van der Waals surface area contributed by atoms with E-state index >= 15 is 0 Å². The molecule has 1 amide bonds. The Morgan fingerprint density at radius 3 is 2.73 bits per heavy atom. The summed E-state index contributed by atoms with van der Waals surface area (Å²) >= 11 is 6.08. The Bertz CT molecular complexity index is 653. The van der Waals surface area contributed by atoms with E-state index in [0.717, 1.165) is 36.9 Å². The number of hydrogen-bond acceptors (Lipinski definition) is 2. The molecule has 2 aromatic rings. The smallest absolute Gasteiger partial charge is 0.230 e. The summed E-state index contributed by atoms with van der Waals surface area (Å²) in [6, 6.07) is 13.5. The van der Waals surface area contributed by atoms with Crippen LogP contribution in [0.2, 0.25) is 5.02 Å². The normalized spacial score (nSPS) is 15.9. The van der Waals surface area contributed by atoms with Crippen molar-refractivity contribution in [3.63, 3.8) is 0 Å². The molecule has 3 rings (SSSR count). The zero-order valence-electron chi connectivity index (χ0n) is 12.4. The Hall–Kier alpha value is -1.87. The summed E-state index contributed by atoms with van der Waals surface area (Å²) in [6.45, 7) is 0.609. The van der Waals surface area contributed by atoms with Gasteiger partial charge in [0, 0.05) is 29.9 Å². The number of carbonyl (C=O) groups excluding carboxylic acids is 1. The van der Waals surface area contributed by atoms with Crippen molar-refractivity contribution >= 4 is 17.5 Å². The molecule has 0 atom stereocenters. The van der Waals surface area contributed by atoms with Crippen molar-refractivity contribution in [2.24, 2.45) is 0 Å². The van der Waals surface area contributed by atoms with Crippen LogP contribution in [0, 0.1) is 0 Å². The Kier molecular flexibility index (Phi) is 4.44. The summed E-state index contributed by atoms with van der Waals surface area (Å²) < 4.78 is 0. The van der Waals surface area contributed by atoms with Crippen LogP contribution < -0.4 is 5.32 Å². The van der Waals surface area contributed by atoms with Gasteiger partial charge in [-0.3, -0.25) is 9.78 Å². The Morgan fingerprint density at radius 1 is 1.23 bits per heavy atom. The van der Waals surface area contributed by atoms with Crippen molar-refractivity contribution in [3.8, 4) is 0 Å². The molecule has 22 heavy (non-hydrogen) atoms. The van der Waals surface area contributed by atoms with E-state index in [1.54, 1.807) is 6.20 Å². The number of carbonyl (C=O) groups is 1. The van der Waals surface area contributed by atoms with Crippen LogP contribution in [-0.4, -0.2) is 17.4 Å². The van der Waals surface area contributed by atoms with Gasteiger partial charge < -0.3 is 5.32 Å². The number of nitrogens with zero attached hydrogens (tertiary/aromatic N) is 1. The standard InChI is InChI=1S/C18H19ClN2O/c19-15-6-3-5-14(13-15)18(9-4-10-18)17(22)21-12-8-16-7-1-2-11-20-16/h1-3,5-7,11,13H,4,8-10,12H2,(H,21,22). The van der Waals surface area contributed by atoms with E-state index in [9.17, 15) is 4.79 Å². The number of benzene rings is 1. The summed E-state index contributed by atoms with van der Waals surface area (Å²) in [5.74, 6) is 0.108. The molecule has 0 unspecified atom stereocenters. The Balaban J connectivity index is 1.65. The van der Waals surface area contributed by atoms with Gasteiger partial charge in [-0.15, -0.1) is 0 Å². The Morgan fingerprint density at radius 2 is 2.09 bits per heavy atom. The average molecular weight is 315 g/mol. The lowest BCUT2D eigenvalue weighted by Gasteiger charge is -2.40. The van der Waals surface area contributed by atoms with Crippen LogP contribution in [0.5, 0.6) is 0 Å². The summed E-state index contributed by atoms with van der Waals surface area (Å²) in [7, 11) is 0. The number of pyridine rings is 1. The molecule has 1 N–H and O–H groups in total. The lowest BCUT2D eigenvalue weighted by molar-refractivity contribution is -0.129. The van der Waals surface area contributed by atoms with Gasteiger partial charge >= 0.3 is 0 Å². The van der Waals surface area contributed by atoms with E-state index in [0.29, 0.717) is 11.6 Å². The maximum absolute atomic E-state index is 12.7. The lowest BCUT2D eigenvalue weighted by atomic mass is 9.64. The van der Waals surface area contributed by atoms with Crippen molar-refractivity contribution in [2.75, 3.05) is 6.54 Å². The molecule has 4 heteroatoms. The SMILES string of the molecule is O=C(NCCc1ccccn1)C1(c2cccc(Cl)c2)CCC1. The highest BCUT2D eigenvalue weighted by Gasteiger charge is 2.45. The summed E-state index contributed by atoms with van der Waals surface area (Å²) in [4.78, 5) is 16.9. The molecule has 3 nitrogen and oxygen atoms in total. The first-order chi connectivity index (χ1) is 10.7. The highest BCUT2D eigenvalue weighted by atomic mass is 35.5. The second-order valence-corrected chi connectivity index (χ2v) is 6.21. The number of aromatic nitrogens is 1. The number of halogens is 1. The van der Waals surface area contributed by atoms with Crippen LogP contribution in [0.3, 0.4) is 0 Å². The fourth-order valence-electron chi connectivity index (χ4n) is 2.98. The molecule has 0 saturated heterocycles. The molecular formula is C18H19ClN2O. The van der Waals surface area contributed by atoms with Crippen LogP contribution in [0.4, 0.5) is 0 Å². The number of rotatable bonds is 5. The predicted octanol–water partition coefficient (Wildman–Crippen LogP) is 3.52. The molecule has 1 saturated carbocycles. The molecule has 1 aliphatic carbocycles. The van der Waals surface area contributed by atoms with E-state index in [1.807, 2.05) is 42.5 Å². The van der Waals surface area contributed by atoms with Crippen molar-refractivity contribution < 1.29 is 4.79 Å². The van der Waals surface area contributed by atoms with E-state index in [1.165, 1.54) is 0 Å². The molecule has 1 heterocycles. The molecule has 1 aromatic heterocycles. The van der Waals surface area contributed by atoms with Crippen LogP contribution >= 0.6 is 11.6 Å². The van der Waals surface area contributed by atoms with Crippen LogP contribution in [-0.2, 0) is 16.6 Å². The summed E-state index contributed by atoms with van der Waals surface area (Å²) in [6.07, 6.45) is 5.39. The first-order valence-corrected chi connectivity index (χ1v) is 8.03. The summed E-state index contributed by atoms with van der Waals surface area (Å²) in [5.41, 5.74) is 1.63. The third-order valence-electron chi connectivity index (χ3n) is 4.41. The van der Waals surface area contributed by atoms with Gasteiger partial charge in [-0.25, -0.2) is 0 Å². The largest absolute Gasteiger partial charge is 0.355 e. The topological polar surface area (TPSA) is 42.0 Å². The van der Waals surface area contributed by atoms with Gasteiger partial charge in [0.1, 0.15) is 0 Å². The number of nitrogens with one attached hydrogen (secondary N) is 1. The number of amides is 1.